The Morgan fingerprint density at radius 1 is 0.900 bits per heavy atom. The summed E-state index contributed by atoms with van der Waals surface area (Å²) in [5, 5.41) is 18.8. The molecule has 2 rings (SSSR count). The van der Waals surface area contributed by atoms with Crippen molar-refractivity contribution >= 4 is 24.2 Å². The van der Waals surface area contributed by atoms with Crippen molar-refractivity contribution in [1.82, 2.24) is 4.90 Å². The Balaban J connectivity index is 1.93. The zero-order valence-electron chi connectivity index (χ0n) is 11.3. The average Bonchev–Trinajstić information content (AvgIpc) is 2.42. The molecule has 0 spiro atoms. The molecule has 0 bridgehead atoms. The van der Waals surface area contributed by atoms with E-state index in [2.05, 4.69) is 4.90 Å². The first-order valence-electron chi connectivity index (χ1n) is 6.42. The second-order valence-electron chi connectivity index (χ2n) is 4.91. The first-order chi connectivity index (χ1) is 9.54. The van der Waals surface area contributed by atoms with Gasteiger partial charge >= 0.3 is 7.12 Å². The van der Waals surface area contributed by atoms with Gasteiger partial charge in [0.25, 0.3) is 0 Å². The highest BCUT2D eigenvalue weighted by molar-refractivity contribution is 6.58. The highest BCUT2D eigenvalue weighted by Gasteiger charge is 2.10. The molecule has 3 nitrogen and oxygen atoms in total. The molecule has 0 aliphatic heterocycles. The molecule has 0 saturated carbocycles. The van der Waals surface area contributed by atoms with Gasteiger partial charge in [-0.1, -0.05) is 48.0 Å². The first kappa shape index (κ1) is 15.1. The summed E-state index contributed by atoms with van der Waals surface area (Å²) in [6.07, 6.45) is 0. The van der Waals surface area contributed by atoms with Crippen LogP contribution in [0.4, 0.5) is 0 Å². The molecule has 0 aliphatic rings. The normalized spacial score (nSPS) is 10.8. The molecule has 0 aromatic heterocycles. The van der Waals surface area contributed by atoms with E-state index in [9.17, 15) is 0 Å². The molecule has 0 fully saturated rings. The number of nitrogens with zero attached hydrogens (tertiary/aromatic N) is 1. The molecule has 104 valence electrons. The Hall–Kier alpha value is -1.33. The Labute approximate surface area is 124 Å². The van der Waals surface area contributed by atoms with E-state index in [0.29, 0.717) is 5.46 Å². The highest BCUT2D eigenvalue weighted by atomic mass is 35.5. The van der Waals surface area contributed by atoms with Gasteiger partial charge in [0.1, 0.15) is 0 Å². The minimum atomic E-state index is -1.41. The number of rotatable bonds is 5. The Morgan fingerprint density at radius 3 is 1.80 bits per heavy atom. The molecule has 0 atom stereocenters. The summed E-state index contributed by atoms with van der Waals surface area (Å²) >= 11 is 5.86. The summed E-state index contributed by atoms with van der Waals surface area (Å²) < 4.78 is 0. The fraction of sp³-hybridized carbons (Fsp3) is 0.200. The van der Waals surface area contributed by atoms with Crippen LogP contribution in [-0.4, -0.2) is 29.1 Å². The number of benzene rings is 2. The predicted molar refractivity (Wildman–Crippen MR) is 82.9 cm³/mol. The molecule has 0 radical (unpaired) electrons. The average molecular weight is 290 g/mol. The molecular weight excluding hydrogens is 272 g/mol. The van der Waals surface area contributed by atoms with Gasteiger partial charge in [0.15, 0.2) is 0 Å². The van der Waals surface area contributed by atoms with E-state index in [4.69, 9.17) is 21.6 Å². The molecular formula is C15H17BClNO2. The van der Waals surface area contributed by atoms with Crippen LogP contribution in [-0.2, 0) is 13.1 Å². The summed E-state index contributed by atoms with van der Waals surface area (Å²) in [5.74, 6) is 0. The van der Waals surface area contributed by atoms with Crippen molar-refractivity contribution in [3.05, 3.63) is 64.7 Å². The lowest BCUT2D eigenvalue weighted by Gasteiger charge is -2.17. The van der Waals surface area contributed by atoms with E-state index in [-0.39, 0.29) is 0 Å². The SMILES string of the molecule is CN(Cc1ccc(Cl)cc1)Cc1ccc(B(O)O)cc1. The molecule has 0 amide bonds. The van der Waals surface area contributed by atoms with Gasteiger partial charge in [-0.25, -0.2) is 0 Å². The topological polar surface area (TPSA) is 43.7 Å². The van der Waals surface area contributed by atoms with Crippen molar-refractivity contribution in [2.45, 2.75) is 13.1 Å². The molecule has 0 unspecified atom stereocenters. The van der Waals surface area contributed by atoms with Gasteiger partial charge < -0.3 is 10.0 Å². The zero-order valence-corrected chi connectivity index (χ0v) is 12.1. The quantitative estimate of drug-likeness (QED) is 0.823. The monoisotopic (exact) mass is 289 g/mol. The smallest absolute Gasteiger partial charge is 0.423 e. The summed E-state index contributed by atoms with van der Waals surface area (Å²) in [7, 11) is 0.638. The minimum absolute atomic E-state index is 0.508. The molecule has 5 heteroatoms. The third-order valence-corrected chi connectivity index (χ3v) is 3.35. The summed E-state index contributed by atoms with van der Waals surface area (Å²) in [5.41, 5.74) is 2.85. The van der Waals surface area contributed by atoms with Crippen LogP contribution in [0.15, 0.2) is 48.5 Å². The van der Waals surface area contributed by atoms with Gasteiger partial charge in [-0.2, -0.15) is 0 Å². The Morgan fingerprint density at radius 2 is 1.35 bits per heavy atom. The first-order valence-corrected chi connectivity index (χ1v) is 6.80. The van der Waals surface area contributed by atoms with E-state index in [1.54, 1.807) is 12.1 Å². The van der Waals surface area contributed by atoms with Crippen molar-refractivity contribution < 1.29 is 10.0 Å². The third kappa shape index (κ3) is 4.35. The highest BCUT2D eigenvalue weighted by Crippen LogP contribution is 2.12. The summed E-state index contributed by atoms with van der Waals surface area (Å²) in [4.78, 5) is 2.19. The second-order valence-corrected chi connectivity index (χ2v) is 5.35. The number of hydrogen-bond donors (Lipinski definition) is 2. The molecule has 0 heterocycles. The van der Waals surface area contributed by atoms with Crippen LogP contribution < -0.4 is 5.46 Å². The maximum Gasteiger partial charge on any atom is 0.488 e. The van der Waals surface area contributed by atoms with E-state index in [1.165, 1.54) is 5.56 Å². The molecule has 0 aliphatic carbocycles. The van der Waals surface area contributed by atoms with Crippen LogP contribution in [0, 0.1) is 0 Å². The molecule has 0 saturated heterocycles. The predicted octanol–water partition coefficient (Wildman–Crippen LogP) is 1.65. The standard InChI is InChI=1S/C15H17BClNO2/c1-18(11-13-4-8-15(17)9-5-13)10-12-2-6-14(7-3-12)16(19)20/h2-9,19-20H,10-11H2,1H3. The lowest BCUT2D eigenvalue weighted by Crippen LogP contribution is -2.29. The second kappa shape index (κ2) is 6.91. The summed E-state index contributed by atoms with van der Waals surface area (Å²) in [6.45, 7) is 1.63. The van der Waals surface area contributed by atoms with Crippen molar-refractivity contribution in [3.63, 3.8) is 0 Å². The van der Waals surface area contributed by atoms with Crippen molar-refractivity contribution in [2.24, 2.45) is 0 Å². The van der Waals surface area contributed by atoms with E-state index in [1.807, 2.05) is 43.4 Å². The molecule has 20 heavy (non-hydrogen) atoms. The Bertz CT molecular complexity index is 543. The van der Waals surface area contributed by atoms with Crippen LogP contribution in [0.25, 0.3) is 0 Å². The lowest BCUT2D eigenvalue weighted by atomic mass is 9.80. The van der Waals surface area contributed by atoms with Crippen LogP contribution in [0.1, 0.15) is 11.1 Å². The van der Waals surface area contributed by atoms with Gasteiger partial charge in [-0.15, -0.1) is 0 Å². The third-order valence-electron chi connectivity index (χ3n) is 3.10. The number of halogens is 1. The molecule has 2 N–H and O–H groups in total. The fourth-order valence-electron chi connectivity index (χ4n) is 2.06. The van der Waals surface area contributed by atoms with Crippen molar-refractivity contribution in [2.75, 3.05) is 7.05 Å². The van der Waals surface area contributed by atoms with Crippen molar-refractivity contribution in [1.29, 1.82) is 0 Å². The molecule has 2 aromatic rings. The Kier molecular flexibility index (Phi) is 5.20. The summed E-state index contributed by atoms with van der Waals surface area (Å²) in [6, 6.07) is 15.1. The van der Waals surface area contributed by atoms with Crippen molar-refractivity contribution in [3.8, 4) is 0 Å². The zero-order chi connectivity index (χ0) is 14.5. The minimum Gasteiger partial charge on any atom is -0.423 e. The van der Waals surface area contributed by atoms with Crippen LogP contribution in [0.5, 0.6) is 0 Å². The van der Waals surface area contributed by atoms with Gasteiger partial charge in [-0.05, 0) is 35.8 Å². The fourth-order valence-corrected chi connectivity index (χ4v) is 2.19. The largest absolute Gasteiger partial charge is 0.488 e. The van der Waals surface area contributed by atoms with Gasteiger partial charge in [0.2, 0.25) is 0 Å². The molecule has 2 aromatic carbocycles. The van der Waals surface area contributed by atoms with Crippen LogP contribution >= 0.6 is 11.6 Å². The van der Waals surface area contributed by atoms with Crippen LogP contribution in [0.3, 0.4) is 0 Å². The van der Waals surface area contributed by atoms with Gasteiger partial charge in [0, 0.05) is 18.1 Å². The van der Waals surface area contributed by atoms with E-state index >= 15 is 0 Å². The van der Waals surface area contributed by atoms with Gasteiger partial charge in [0.05, 0.1) is 0 Å². The number of hydrogen-bond acceptors (Lipinski definition) is 3. The van der Waals surface area contributed by atoms with Crippen LogP contribution in [0.2, 0.25) is 5.02 Å². The maximum absolute atomic E-state index is 9.05. The van der Waals surface area contributed by atoms with Gasteiger partial charge in [-0.3, -0.25) is 4.90 Å². The maximum atomic E-state index is 9.05. The van der Waals surface area contributed by atoms with E-state index in [0.717, 1.165) is 23.7 Å². The van der Waals surface area contributed by atoms with E-state index < -0.39 is 7.12 Å². The lowest BCUT2D eigenvalue weighted by molar-refractivity contribution is 0.319.